The van der Waals surface area contributed by atoms with Crippen molar-refractivity contribution in [2.45, 2.75) is 12.5 Å². The molecule has 0 bridgehead atoms. The summed E-state index contributed by atoms with van der Waals surface area (Å²) in [6, 6.07) is 16.1. The maximum atomic E-state index is 12.6. The van der Waals surface area contributed by atoms with Gasteiger partial charge in [0.2, 0.25) is 0 Å². The summed E-state index contributed by atoms with van der Waals surface area (Å²) < 4.78 is 0. The van der Waals surface area contributed by atoms with Gasteiger partial charge in [-0.3, -0.25) is 4.90 Å². The number of rotatable bonds is 1. The topological polar surface area (TPSA) is 35.6 Å². The Morgan fingerprint density at radius 1 is 1.08 bits per heavy atom. The van der Waals surface area contributed by atoms with Crippen LogP contribution >= 0.6 is 11.6 Å². The van der Waals surface area contributed by atoms with Gasteiger partial charge in [-0.25, -0.2) is 4.79 Å². The predicted octanol–water partition coefficient (Wildman–Crippen LogP) is 3.79. The molecule has 0 spiro atoms. The SMILES string of the molecule is O=C(Nc1cccc(Cl)c1)N1CCN2CCc3ccccc3C2C1. The largest absolute Gasteiger partial charge is 0.321 e. The molecule has 0 radical (unpaired) electrons. The number of carbonyl (C=O) groups is 1. The molecule has 24 heavy (non-hydrogen) atoms. The van der Waals surface area contributed by atoms with Gasteiger partial charge in [0, 0.05) is 36.9 Å². The van der Waals surface area contributed by atoms with Gasteiger partial charge in [-0.05, 0) is 35.7 Å². The Morgan fingerprint density at radius 3 is 2.83 bits per heavy atom. The molecule has 1 saturated heterocycles. The minimum atomic E-state index is -0.0556. The summed E-state index contributed by atoms with van der Waals surface area (Å²) in [5, 5.41) is 3.58. The zero-order chi connectivity index (χ0) is 16.5. The van der Waals surface area contributed by atoms with Gasteiger partial charge in [0.25, 0.3) is 0 Å². The number of anilines is 1. The summed E-state index contributed by atoms with van der Waals surface area (Å²) in [5.74, 6) is 0. The molecular weight excluding hydrogens is 322 g/mol. The molecule has 4 rings (SSSR count). The molecule has 2 amide bonds. The van der Waals surface area contributed by atoms with E-state index in [9.17, 15) is 4.79 Å². The van der Waals surface area contributed by atoms with Crippen LogP contribution in [-0.2, 0) is 6.42 Å². The Hall–Kier alpha value is -2.04. The van der Waals surface area contributed by atoms with Crippen molar-refractivity contribution in [1.29, 1.82) is 0 Å². The molecule has 1 unspecified atom stereocenters. The third-order valence-electron chi connectivity index (χ3n) is 4.94. The number of nitrogens with one attached hydrogen (secondary N) is 1. The number of nitrogens with zero attached hydrogens (tertiary/aromatic N) is 2. The van der Waals surface area contributed by atoms with E-state index >= 15 is 0 Å². The van der Waals surface area contributed by atoms with Crippen LogP contribution in [0.25, 0.3) is 0 Å². The lowest BCUT2D eigenvalue weighted by atomic mass is 9.91. The van der Waals surface area contributed by atoms with Crippen LogP contribution in [0.2, 0.25) is 5.02 Å². The average Bonchev–Trinajstić information content (AvgIpc) is 2.61. The molecule has 1 N–H and O–H groups in total. The lowest BCUT2D eigenvalue weighted by Gasteiger charge is -2.44. The Balaban J connectivity index is 1.50. The number of amides is 2. The van der Waals surface area contributed by atoms with Crippen LogP contribution in [0, 0.1) is 0 Å². The normalized spacial score (nSPS) is 20.2. The number of urea groups is 1. The van der Waals surface area contributed by atoms with Gasteiger partial charge in [0.1, 0.15) is 0 Å². The smallest absolute Gasteiger partial charge is 0.321 e. The fraction of sp³-hybridized carbons (Fsp3) is 0.316. The number of piperazine rings is 1. The third kappa shape index (κ3) is 2.99. The summed E-state index contributed by atoms with van der Waals surface area (Å²) >= 11 is 5.99. The fourth-order valence-electron chi connectivity index (χ4n) is 3.69. The summed E-state index contributed by atoms with van der Waals surface area (Å²) in [6.45, 7) is 3.47. The Labute approximate surface area is 147 Å². The molecule has 2 heterocycles. The standard InChI is InChI=1S/C19H20ClN3O/c20-15-5-3-6-16(12-15)21-19(24)23-11-10-22-9-8-14-4-1-2-7-17(14)18(22)13-23/h1-7,12,18H,8-11,13H2,(H,21,24). The van der Waals surface area contributed by atoms with Gasteiger partial charge in [-0.1, -0.05) is 41.9 Å². The van der Waals surface area contributed by atoms with Crippen LogP contribution in [0.15, 0.2) is 48.5 Å². The molecule has 2 aromatic rings. The first-order valence-corrected chi connectivity index (χ1v) is 8.72. The first kappa shape index (κ1) is 15.5. The van der Waals surface area contributed by atoms with Crippen molar-refractivity contribution in [2.24, 2.45) is 0 Å². The van der Waals surface area contributed by atoms with Crippen molar-refractivity contribution < 1.29 is 4.79 Å². The van der Waals surface area contributed by atoms with E-state index in [-0.39, 0.29) is 6.03 Å². The van der Waals surface area contributed by atoms with Crippen molar-refractivity contribution in [3.63, 3.8) is 0 Å². The molecule has 124 valence electrons. The highest BCUT2D eigenvalue weighted by Crippen LogP contribution is 2.32. The molecule has 1 atom stereocenters. The molecule has 2 aromatic carbocycles. The van der Waals surface area contributed by atoms with Gasteiger partial charge in [0.15, 0.2) is 0 Å². The van der Waals surface area contributed by atoms with Crippen LogP contribution in [0.3, 0.4) is 0 Å². The lowest BCUT2D eigenvalue weighted by Crippen LogP contribution is -2.53. The van der Waals surface area contributed by atoms with Crippen LogP contribution in [0.4, 0.5) is 10.5 Å². The number of carbonyl (C=O) groups excluding carboxylic acids is 1. The zero-order valence-corrected chi connectivity index (χ0v) is 14.2. The van der Waals surface area contributed by atoms with Crippen molar-refractivity contribution in [2.75, 3.05) is 31.5 Å². The number of halogens is 1. The van der Waals surface area contributed by atoms with E-state index in [1.807, 2.05) is 17.0 Å². The Bertz CT molecular complexity index is 764. The number of fused-ring (bicyclic) bond motifs is 3. The minimum Gasteiger partial charge on any atom is -0.321 e. The van der Waals surface area contributed by atoms with E-state index in [1.165, 1.54) is 11.1 Å². The highest BCUT2D eigenvalue weighted by atomic mass is 35.5. The van der Waals surface area contributed by atoms with E-state index in [4.69, 9.17) is 11.6 Å². The van der Waals surface area contributed by atoms with Gasteiger partial charge < -0.3 is 10.2 Å². The molecule has 4 nitrogen and oxygen atoms in total. The van der Waals surface area contributed by atoms with Gasteiger partial charge in [-0.2, -0.15) is 0 Å². The zero-order valence-electron chi connectivity index (χ0n) is 13.4. The number of benzene rings is 2. The molecule has 1 fully saturated rings. The van der Waals surface area contributed by atoms with Crippen molar-refractivity contribution in [3.05, 3.63) is 64.7 Å². The maximum Gasteiger partial charge on any atom is 0.321 e. The second-order valence-electron chi connectivity index (χ2n) is 6.39. The maximum absolute atomic E-state index is 12.6. The first-order chi connectivity index (χ1) is 11.7. The highest BCUT2D eigenvalue weighted by Gasteiger charge is 2.34. The number of hydrogen-bond donors (Lipinski definition) is 1. The first-order valence-electron chi connectivity index (χ1n) is 8.34. The van der Waals surface area contributed by atoms with E-state index < -0.39 is 0 Å². The van der Waals surface area contributed by atoms with E-state index in [1.54, 1.807) is 12.1 Å². The third-order valence-corrected chi connectivity index (χ3v) is 5.17. The molecule has 2 aliphatic heterocycles. The van der Waals surface area contributed by atoms with E-state index in [0.717, 1.165) is 38.3 Å². The summed E-state index contributed by atoms with van der Waals surface area (Å²) in [5.41, 5.74) is 3.51. The summed E-state index contributed by atoms with van der Waals surface area (Å²) in [7, 11) is 0. The Kier molecular flexibility index (Phi) is 4.17. The van der Waals surface area contributed by atoms with Crippen LogP contribution in [0.5, 0.6) is 0 Å². The molecule has 0 saturated carbocycles. The molecule has 5 heteroatoms. The van der Waals surface area contributed by atoms with Crippen LogP contribution < -0.4 is 5.32 Å². The van der Waals surface area contributed by atoms with Crippen molar-refractivity contribution >= 4 is 23.3 Å². The van der Waals surface area contributed by atoms with Crippen LogP contribution in [-0.4, -0.2) is 42.0 Å². The molecule has 2 aliphatic rings. The Morgan fingerprint density at radius 2 is 1.96 bits per heavy atom. The second-order valence-corrected chi connectivity index (χ2v) is 6.82. The summed E-state index contributed by atoms with van der Waals surface area (Å²) in [6.07, 6.45) is 1.10. The number of hydrogen-bond acceptors (Lipinski definition) is 2. The molecule has 0 aliphatic carbocycles. The fourth-order valence-corrected chi connectivity index (χ4v) is 3.88. The minimum absolute atomic E-state index is 0.0556. The predicted molar refractivity (Wildman–Crippen MR) is 96.5 cm³/mol. The van der Waals surface area contributed by atoms with Crippen LogP contribution in [0.1, 0.15) is 17.2 Å². The van der Waals surface area contributed by atoms with Gasteiger partial charge in [0.05, 0.1) is 6.04 Å². The lowest BCUT2D eigenvalue weighted by molar-refractivity contribution is 0.0872. The molecular formula is C19H20ClN3O. The van der Waals surface area contributed by atoms with E-state index in [0.29, 0.717) is 11.1 Å². The quantitative estimate of drug-likeness (QED) is 0.856. The average molecular weight is 342 g/mol. The van der Waals surface area contributed by atoms with Crippen molar-refractivity contribution in [3.8, 4) is 0 Å². The van der Waals surface area contributed by atoms with Gasteiger partial charge in [-0.15, -0.1) is 0 Å². The second kappa shape index (κ2) is 6.46. The summed E-state index contributed by atoms with van der Waals surface area (Å²) in [4.78, 5) is 17.0. The van der Waals surface area contributed by atoms with Crippen molar-refractivity contribution in [1.82, 2.24) is 9.80 Å². The monoisotopic (exact) mass is 341 g/mol. The molecule has 0 aromatic heterocycles. The van der Waals surface area contributed by atoms with Gasteiger partial charge >= 0.3 is 6.03 Å². The highest BCUT2D eigenvalue weighted by molar-refractivity contribution is 6.30. The van der Waals surface area contributed by atoms with E-state index in [2.05, 4.69) is 34.5 Å².